The van der Waals surface area contributed by atoms with E-state index in [4.69, 9.17) is 5.11 Å². The molecule has 0 aromatic heterocycles. The van der Waals surface area contributed by atoms with Gasteiger partial charge in [0.15, 0.2) is 0 Å². The second kappa shape index (κ2) is 3.97. The predicted molar refractivity (Wildman–Crippen MR) is 61.0 cm³/mol. The zero-order valence-corrected chi connectivity index (χ0v) is 10.2. The standard InChI is InChI=1S/C12H14O6/c1-6-4-11(2,9(15)16)12(3,10(17)18)5-7(6)8(13)14/h4-5H,1-3H3,(H,13,14)(H,15,16)(H,17,18). The molecular formula is C12H14O6. The van der Waals surface area contributed by atoms with E-state index in [1.165, 1.54) is 26.8 Å². The molecule has 98 valence electrons. The summed E-state index contributed by atoms with van der Waals surface area (Å²) in [6.45, 7) is 3.92. The quantitative estimate of drug-likeness (QED) is 0.696. The number of carbonyl (C=O) groups is 3. The second-order valence-electron chi connectivity index (χ2n) is 4.71. The average molecular weight is 254 g/mol. The molecule has 1 rings (SSSR count). The largest absolute Gasteiger partial charge is 0.481 e. The first-order valence-electron chi connectivity index (χ1n) is 5.19. The molecule has 1 aliphatic rings. The van der Waals surface area contributed by atoms with Crippen LogP contribution in [-0.2, 0) is 14.4 Å². The molecule has 0 amide bonds. The summed E-state index contributed by atoms with van der Waals surface area (Å²) in [5.74, 6) is -3.97. The minimum Gasteiger partial charge on any atom is -0.481 e. The van der Waals surface area contributed by atoms with E-state index in [0.29, 0.717) is 0 Å². The summed E-state index contributed by atoms with van der Waals surface area (Å²) in [6, 6.07) is 0. The van der Waals surface area contributed by atoms with Crippen LogP contribution in [0.25, 0.3) is 0 Å². The van der Waals surface area contributed by atoms with E-state index in [1.807, 2.05) is 0 Å². The van der Waals surface area contributed by atoms with Crippen LogP contribution < -0.4 is 0 Å². The van der Waals surface area contributed by atoms with Crippen molar-refractivity contribution < 1.29 is 29.7 Å². The van der Waals surface area contributed by atoms with Gasteiger partial charge < -0.3 is 15.3 Å². The Morgan fingerprint density at radius 3 is 1.67 bits per heavy atom. The lowest BCUT2D eigenvalue weighted by atomic mass is 9.61. The van der Waals surface area contributed by atoms with Crippen LogP contribution in [0.3, 0.4) is 0 Å². The van der Waals surface area contributed by atoms with Crippen LogP contribution in [0.1, 0.15) is 20.8 Å². The molecule has 0 bridgehead atoms. The monoisotopic (exact) mass is 254 g/mol. The Labute approximate surface area is 103 Å². The fourth-order valence-electron chi connectivity index (χ4n) is 2.01. The van der Waals surface area contributed by atoms with Crippen molar-refractivity contribution in [2.45, 2.75) is 20.8 Å². The van der Waals surface area contributed by atoms with E-state index < -0.39 is 28.7 Å². The molecule has 0 fully saturated rings. The Balaban J connectivity index is 3.57. The van der Waals surface area contributed by atoms with Crippen molar-refractivity contribution in [3.05, 3.63) is 23.3 Å². The molecule has 0 aromatic carbocycles. The highest BCUT2D eigenvalue weighted by Gasteiger charge is 2.55. The number of hydrogen-bond donors (Lipinski definition) is 3. The van der Waals surface area contributed by atoms with Crippen LogP contribution >= 0.6 is 0 Å². The molecule has 2 unspecified atom stereocenters. The SMILES string of the molecule is CC1=CC(C)(C(=O)O)C(C)(C(=O)O)C=C1C(=O)O. The molecule has 0 heterocycles. The van der Waals surface area contributed by atoms with E-state index >= 15 is 0 Å². The van der Waals surface area contributed by atoms with Gasteiger partial charge in [0.25, 0.3) is 0 Å². The topological polar surface area (TPSA) is 112 Å². The van der Waals surface area contributed by atoms with Crippen LogP contribution in [-0.4, -0.2) is 33.2 Å². The molecular weight excluding hydrogens is 240 g/mol. The van der Waals surface area contributed by atoms with Crippen molar-refractivity contribution in [2.75, 3.05) is 0 Å². The van der Waals surface area contributed by atoms with Gasteiger partial charge in [0.2, 0.25) is 0 Å². The molecule has 0 saturated carbocycles. The van der Waals surface area contributed by atoms with Gasteiger partial charge in [-0.05, 0) is 26.3 Å². The van der Waals surface area contributed by atoms with Gasteiger partial charge in [0.1, 0.15) is 10.8 Å². The van der Waals surface area contributed by atoms with Crippen LogP contribution in [0, 0.1) is 10.8 Å². The van der Waals surface area contributed by atoms with Gasteiger partial charge in [-0.3, -0.25) is 9.59 Å². The van der Waals surface area contributed by atoms with Crippen molar-refractivity contribution >= 4 is 17.9 Å². The summed E-state index contributed by atoms with van der Waals surface area (Å²) in [4.78, 5) is 33.7. The van der Waals surface area contributed by atoms with Crippen LogP contribution in [0.2, 0.25) is 0 Å². The molecule has 1 aliphatic carbocycles. The maximum absolute atomic E-state index is 11.3. The van der Waals surface area contributed by atoms with Gasteiger partial charge in [-0.2, -0.15) is 0 Å². The van der Waals surface area contributed by atoms with Crippen molar-refractivity contribution in [1.29, 1.82) is 0 Å². The highest BCUT2D eigenvalue weighted by molar-refractivity contribution is 5.98. The second-order valence-corrected chi connectivity index (χ2v) is 4.71. The number of carboxylic acid groups (broad SMARTS) is 3. The first kappa shape index (κ1) is 14.0. The van der Waals surface area contributed by atoms with E-state index in [-0.39, 0.29) is 11.1 Å². The van der Waals surface area contributed by atoms with E-state index in [9.17, 15) is 24.6 Å². The smallest absolute Gasteiger partial charge is 0.335 e. The molecule has 3 N–H and O–H groups in total. The molecule has 18 heavy (non-hydrogen) atoms. The highest BCUT2D eigenvalue weighted by Crippen LogP contribution is 2.47. The molecule has 0 aromatic rings. The fraction of sp³-hybridized carbons (Fsp3) is 0.417. The van der Waals surface area contributed by atoms with Crippen molar-refractivity contribution in [3.8, 4) is 0 Å². The predicted octanol–water partition coefficient (Wildman–Crippen LogP) is 1.14. The Morgan fingerprint density at radius 2 is 1.33 bits per heavy atom. The highest BCUT2D eigenvalue weighted by atomic mass is 16.4. The van der Waals surface area contributed by atoms with Gasteiger partial charge in [-0.15, -0.1) is 0 Å². The lowest BCUT2D eigenvalue weighted by Crippen LogP contribution is -2.48. The Kier molecular flexibility index (Phi) is 3.08. The van der Waals surface area contributed by atoms with Gasteiger partial charge in [0.05, 0.1) is 5.57 Å². The van der Waals surface area contributed by atoms with E-state index in [1.54, 1.807) is 0 Å². The summed E-state index contributed by atoms with van der Waals surface area (Å²) in [7, 11) is 0. The minimum absolute atomic E-state index is 0.182. The molecule has 0 radical (unpaired) electrons. The normalized spacial score (nSPS) is 31.3. The maximum Gasteiger partial charge on any atom is 0.335 e. The number of hydrogen-bond acceptors (Lipinski definition) is 3. The van der Waals surface area contributed by atoms with E-state index in [2.05, 4.69) is 0 Å². The molecule has 0 aliphatic heterocycles. The average Bonchev–Trinajstić information content (AvgIpc) is 2.22. The summed E-state index contributed by atoms with van der Waals surface area (Å²) >= 11 is 0. The van der Waals surface area contributed by atoms with Crippen LogP contribution in [0.5, 0.6) is 0 Å². The molecule has 6 heteroatoms. The first-order valence-corrected chi connectivity index (χ1v) is 5.19. The maximum atomic E-state index is 11.3. The van der Waals surface area contributed by atoms with Crippen LogP contribution in [0.15, 0.2) is 23.3 Å². The zero-order valence-electron chi connectivity index (χ0n) is 10.2. The Bertz CT molecular complexity index is 501. The molecule has 2 atom stereocenters. The third-order valence-electron chi connectivity index (χ3n) is 3.56. The Hall–Kier alpha value is -2.11. The number of carboxylic acids is 3. The van der Waals surface area contributed by atoms with Gasteiger partial charge in [0, 0.05) is 0 Å². The third kappa shape index (κ3) is 1.70. The Morgan fingerprint density at radius 1 is 0.944 bits per heavy atom. The van der Waals surface area contributed by atoms with Gasteiger partial charge in [-0.1, -0.05) is 12.2 Å². The van der Waals surface area contributed by atoms with Crippen molar-refractivity contribution in [1.82, 2.24) is 0 Å². The minimum atomic E-state index is -1.81. The lowest BCUT2D eigenvalue weighted by molar-refractivity contribution is -0.163. The van der Waals surface area contributed by atoms with Crippen molar-refractivity contribution in [2.24, 2.45) is 10.8 Å². The molecule has 0 saturated heterocycles. The summed E-state index contributed by atoms with van der Waals surface area (Å²) in [5, 5.41) is 27.5. The third-order valence-corrected chi connectivity index (χ3v) is 3.56. The molecule has 6 nitrogen and oxygen atoms in total. The number of rotatable bonds is 3. The van der Waals surface area contributed by atoms with E-state index in [0.717, 1.165) is 6.08 Å². The lowest BCUT2D eigenvalue weighted by Gasteiger charge is -2.39. The summed E-state index contributed by atoms with van der Waals surface area (Å²) < 4.78 is 0. The van der Waals surface area contributed by atoms with Gasteiger partial charge >= 0.3 is 17.9 Å². The van der Waals surface area contributed by atoms with Crippen LogP contribution in [0.4, 0.5) is 0 Å². The van der Waals surface area contributed by atoms with Gasteiger partial charge in [-0.25, -0.2) is 4.79 Å². The summed E-state index contributed by atoms with van der Waals surface area (Å²) in [6.07, 6.45) is 2.19. The first-order chi connectivity index (χ1) is 8.06. The molecule has 0 spiro atoms. The van der Waals surface area contributed by atoms with Crippen molar-refractivity contribution in [3.63, 3.8) is 0 Å². The summed E-state index contributed by atoms with van der Waals surface area (Å²) in [5.41, 5.74) is -3.45. The fourth-order valence-corrected chi connectivity index (χ4v) is 2.01. The zero-order chi connectivity index (χ0) is 14.3. The number of aliphatic carboxylic acids is 3.